The predicted molar refractivity (Wildman–Crippen MR) is 157 cm³/mol. The molecule has 0 heterocycles. The molecular weight excluding hydrogens is 550 g/mol. The Balaban J connectivity index is 1.53. The number of thiocarbonyl (C=S) groups is 1. The number of nitrogens with one attached hydrogen (secondary N) is 3. The summed E-state index contributed by atoms with van der Waals surface area (Å²) in [7, 11) is 0. The first-order valence-corrected chi connectivity index (χ1v) is 13.6. The fourth-order valence-corrected chi connectivity index (χ4v) is 4.22. The van der Waals surface area contributed by atoms with Gasteiger partial charge in [0.05, 0.1) is 12.2 Å². The van der Waals surface area contributed by atoms with Crippen LogP contribution in [0.4, 0.5) is 11.4 Å². The van der Waals surface area contributed by atoms with Crippen molar-refractivity contribution >= 4 is 56.4 Å². The van der Waals surface area contributed by atoms with Gasteiger partial charge in [-0.25, -0.2) is 0 Å². The lowest BCUT2D eigenvalue weighted by Crippen LogP contribution is -2.34. The molecule has 0 saturated heterocycles. The lowest BCUT2D eigenvalue weighted by Gasteiger charge is -2.14. The van der Waals surface area contributed by atoms with E-state index in [4.69, 9.17) is 17.0 Å². The Kier molecular flexibility index (Phi) is 11.6. The van der Waals surface area contributed by atoms with E-state index in [2.05, 4.69) is 38.8 Å². The van der Waals surface area contributed by atoms with Crippen molar-refractivity contribution in [3.8, 4) is 5.75 Å². The molecule has 2 amide bonds. The highest BCUT2D eigenvalue weighted by Crippen LogP contribution is 2.24. The van der Waals surface area contributed by atoms with E-state index in [1.54, 1.807) is 30.3 Å². The summed E-state index contributed by atoms with van der Waals surface area (Å²) in [5.41, 5.74) is 2.80. The molecule has 0 radical (unpaired) electrons. The Bertz CT molecular complexity index is 1200. The van der Waals surface area contributed by atoms with Gasteiger partial charge in [0.2, 0.25) is 5.91 Å². The first-order chi connectivity index (χ1) is 17.9. The van der Waals surface area contributed by atoms with Gasteiger partial charge in [-0.05, 0) is 67.0 Å². The third-order valence-electron chi connectivity index (χ3n) is 5.56. The van der Waals surface area contributed by atoms with Crippen molar-refractivity contribution in [2.75, 3.05) is 17.2 Å². The summed E-state index contributed by atoms with van der Waals surface area (Å²) in [4.78, 5) is 25.3. The molecule has 3 aromatic carbocycles. The average Bonchev–Trinajstić information content (AvgIpc) is 2.88. The van der Waals surface area contributed by atoms with E-state index in [1.807, 2.05) is 42.5 Å². The minimum absolute atomic E-state index is 0.0752. The lowest BCUT2D eigenvalue weighted by atomic mass is 10.1. The number of aryl methyl sites for hydroxylation is 1. The molecule has 0 atom stereocenters. The minimum Gasteiger partial charge on any atom is -0.493 e. The minimum atomic E-state index is -0.368. The summed E-state index contributed by atoms with van der Waals surface area (Å²) in [5.74, 6) is 0.0710. The van der Waals surface area contributed by atoms with E-state index in [9.17, 15) is 9.59 Å². The molecule has 0 spiro atoms. The number of unbranched alkanes of at least 4 members (excludes halogenated alkanes) is 3. The summed E-state index contributed by atoms with van der Waals surface area (Å²) in [5, 5.41) is 8.78. The summed E-state index contributed by atoms with van der Waals surface area (Å²) < 4.78 is 6.64. The molecule has 3 aromatic rings. The second-order valence-corrected chi connectivity index (χ2v) is 9.90. The summed E-state index contributed by atoms with van der Waals surface area (Å²) in [6.45, 7) is 2.71. The van der Waals surface area contributed by atoms with Gasteiger partial charge in [-0.3, -0.25) is 14.9 Å². The summed E-state index contributed by atoms with van der Waals surface area (Å²) >= 11 is 8.79. The number of amides is 2. The highest BCUT2D eigenvalue weighted by atomic mass is 79.9. The van der Waals surface area contributed by atoms with Crippen LogP contribution in [0, 0.1) is 0 Å². The quantitative estimate of drug-likeness (QED) is 0.157. The van der Waals surface area contributed by atoms with Crippen LogP contribution in [0.2, 0.25) is 0 Å². The van der Waals surface area contributed by atoms with E-state index in [-0.39, 0.29) is 16.9 Å². The molecule has 37 heavy (non-hydrogen) atoms. The van der Waals surface area contributed by atoms with Crippen molar-refractivity contribution < 1.29 is 14.3 Å². The number of anilines is 2. The Morgan fingerprint density at radius 3 is 2.41 bits per heavy atom. The summed E-state index contributed by atoms with van der Waals surface area (Å²) in [6, 6.07) is 22.4. The van der Waals surface area contributed by atoms with Crippen molar-refractivity contribution in [3.05, 3.63) is 88.4 Å². The third-order valence-corrected chi connectivity index (χ3v) is 6.25. The molecule has 6 nitrogen and oxygen atoms in total. The van der Waals surface area contributed by atoms with Crippen LogP contribution in [0.5, 0.6) is 5.75 Å². The fraction of sp³-hybridized carbons (Fsp3) is 0.276. The molecule has 0 aliphatic carbocycles. The van der Waals surface area contributed by atoms with E-state index in [1.165, 1.54) is 0 Å². The molecule has 0 unspecified atom stereocenters. The molecule has 8 heteroatoms. The monoisotopic (exact) mass is 581 g/mol. The van der Waals surface area contributed by atoms with Gasteiger partial charge < -0.3 is 15.4 Å². The second kappa shape index (κ2) is 15.1. The van der Waals surface area contributed by atoms with Gasteiger partial charge >= 0.3 is 0 Å². The summed E-state index contributed by atoms with van der Waals surface area (Å²) in [6.07, 6.45) is 5.39. The number of hydrogen-bond donors (Lipinski definition) is 3. The zero-order chi connectivity index (χ0) is 26.5. The smallest absolute Gasteiger partial charge is 0.261 e. The Morgan fingerprint density at radius 1 is 0.892 bits per heavy atom. The number of ether oxygens (including phenoxy) is 1. The number of hydrogen-bond acceptors (Lipinski definition) is 4. The van der Waals surface area contributed by atoms with Gasteiger partial charge in [-0.1, -0.05) is 78.5 Å². The maximum Gasteiger partial charge on any atom is 0.261 e. The molecule has 0 bridgehead atoms. The predicted octanol–water partition coefficient (Wildman–Crippen LogP) is 7.11. The van der Waals surface area contributed by atoms with E-state index in [0.717, 1.165) is 35.7 Å². The average molecular weight is 583 g/mol. The number of carbonyl (C=O) groups excluding carboxylic acids is 2. The second-order valence-electron chi connectivity index (χ2n) is 8.57. The van der Waals surface area contributed by atoms with Gasteiger partial charge in [-0.2, -0.15) is 0 Å². The molecule has 3 N–H and O–H groups in total. The Morgan fingerprint density at radius 2 is 1.65 bits per heavy atom. The highest BCUT2D eigenvalue weighted by molar-refractivity contribution is 9.10. The zero-order valence-electron chi connectivity index (χ0n) is 20.9. The van der Waals surface area contributed by atoms with Gasteiger partial charge in [0.25, 0.3) is 5.91 Å². The highest BCUT2D eigenvalue weighted by Gasteiger charge is 2.15. The molecule has 0 saturated carbocycles. The SMILES string of the molecule is CCCCCCOc1ccc(Br)cc1C(=O)NC(=S)Nc1cccc(NC(=O)CCc2ccccc2)c1. The molecule has 0 aliphatic heterocycles. The molecular formula is C29H32BrN3O3S. The van der Waals surface area contributed by atoms with Crippen molar-refractivity contribution in [3.63, 3.8) is 0 Å². The van der Waals surface area contributed by atoms with Crippen molar-refractivity contribution in [1.29, 1.82) is 0 Å². The van der Waals surface area contributed by atoms with Crippen LogP contribution in [-0.2, 0) is 11.2 Å². The molecule has 0 aromatic heterocycles. The van der Waals surface area contributed by atoms with Crippen LogP contribution >= 0.6 is 28.1 Å². The Hall–Kier alpha value is -3.23. The van der Waals surface area contributed by atoms with Crippen LogP contribution in [0.1, 0.15) is 54.9 Å². The first kappa shape index (κ1) is 28.3. The van der Waals surface area contributed by atoms with E-state index < -0.39 is 0 Å². The van der Waals surface area contributed by atoms with Gasteiger partial charge in [0, 0.05) is 22.3 Å². The Labute approximate surface area is 232 Å². The molecule has 194 valence electrons. The lowest BCUT2D eigenvalue weighted by molar-refractivity contribution is -0.116. The van der Waals surface area contributed by atoms with Crippen LogP contribution < -0.4 is 20.7 Å². The van der Waals surface area contributed by atoms with E-state index in [0.29, 0.717) is 42.1 Å². The van der Waals surface area contributed by atoms with Crippen LogP contribution in [0.15, 0.2) is 77.3 Å². The largest absolute Gasteiger partial charge is 0.493 e. The van der Waals surface area contributed by atoms with Gasteiger partial charge in [-0.15, -0.1) is 0 Å². The zero-order valence-corrected chi connectivity index (χ0v) is 23.3. The van der Waals surface area contributed by atoms with Crippen molar-refractivity contribution in [1.82, 2.24) is 5.32 Å². The first-order valence-electron chi connectivity index (χ1n) is 12.4. The number of rotatable bonds is 12. The standard InChI is InChI=1S/C29H32BrN3O3S/c1-2-3-4-8-18-36-26-16-15-22(30)19-25(26)28(35)33-29(37)32-24-13-9-12-23(20-24)31-27(34)17-14-21-10-6-5-7-11-21/h5-7,9-13,15-16,19-20H,2-4,8,14,17-18H2,1H3,(H,31,34)(H2,32,33,35,37). The molecule has 0 aliphatic rings. The topological polar surface area (TPSA) is 79.5 Å². The number of benzene rings is 3. The van der Waals surface area contributed by atoms with Crippen molar-refractivity contribution in [2.45, 2.75) is 45.4 Å². The number of halogens is 1. The molecule has 3 rings (SSSR count). The van der Waals surface area contributed by atoms with E-state index >= 15 is 0 Å². The van der Waals surface area contributed by atoms with Gasteiger partial charge in [0.15, 0.2) is 5.11 Å². The fourth-order valence-electron chi connectivity index (χ4n) is 3.65. The number of carbonyl (C=O) groups is 2. The molecule has 0 fully saturated rings. The maximum atomic E-state index is 13.0. The van der Waals surface area contributed by atoms with Crippen LogP contribution in [0.25, 0.3) is 0 Å². The normalized spacial score (nSPS) is 10.4. The van der Waals surface area contributed by atoms with Crippen LogP contribution in [-0.4, -0.2) is 23.5 Å². The van der Waals surface area contributed by atoms with Crippen LogP contribution in [0.3, 0.4) is 0 Å². The van der Waals surface area contributed by atoms with Gasteiger partial charge in [0.1, 0.15) is 5.75 Å². The maximum absolute atomic E-state index is 13.0. The third kappa shape index (κ3) is 9.98. The van der Waals surface area contributed by atoms with Crippen molar-refractivity contribution in [2.24, 2.45) is 0 Å².